The minimum Gasteiger partial charge on any atom is -0.384 e. The van der Waals surface area contributed by atoms with E-state index >= 15 is 0 Å². The Balaban J connectivity index is 3.05. The number of aromatic nitrogens is 2. The number of hydrogen-bond donors (Lipinski definition) is 1. The molecule has 0 bridgehead atoms. The van der Waals surface area contributed by atoms with Crippen molar-refractivity contribution in [2.45, 2.75) is 39.3 Å². The first-order valence-corrected chi connectivity index (χ1v) is 5.77. The Hall–Kier alpha value is -1.36. The minimum atomic E-state index is 0.0329. The van der Waals surface area contributed by atoms with Gasteiger partial charge in [-0.1, -0.05) is 6.92 Å². The zero-order valence-electron chi connectivity index (χ0n) is 11.3. The molecule has 0 aliphatic carbocycles. The average molecular weight is 238 g/mol. The molecule has 1 heterocycles. The van der Waals surface area contributed by atoms with Crippen LogP contribution in [0.4, 0.5) is 11.6 Å². The van der Waals surface area contributed by atoms with Crippen LogP contribution in [0, 0.1) is 0 Å². The van der Waals surface area contributed by atoms with Crippen LogP contribution < -0.4 is 10.6 Å². The van der Waals surface area contributed by atoms with Gasteiger partial charge in [-0.2, -0.15) is 0 Å². The van der Waals surface area contributed by atoms with Crippen molar-refractivity contribution in [1.82, 2.24) is 9.97 Å². The molecule has 5 nitrogen and oxygen atoms in total. The summed E-state index contributed by atoms with van der Waals surface area (Å²) in [5.41, 5.74) is 5.81. The van der Waals surface area contributed by atoms with Gasteiger partial charge in [-0.3, -0.25) is 0 Å². The summed E-state index contributed by atoms with van der Waals surface area (Å²) in [5, 5.41) is 0. The zero-order valence-corrected chi connectivity index (χ0v) is 11.3. The van der Waals surface area contributed by atoms with Crippen LogP contribution in [0.3, 0.4) is 0 Å². The molecule has 0 fully saturated rings. The van der Waals surface area contributed by atoms with E-state index in [-0.39, 0.29) is 5.54 Å². The van der Waals surface area contributed by atoms with Crippen molar-refractivity contribution < 1.29 is 4.74 Å². The van der Waals surface area contributed by atoms with Crippen LogP contribution in [0.2, 0.25) is 0 Å². The molecule has 17 heavy (non-hydrogen) atoms. The number of rotatable bonds is 5. The molecule has 0 saturated carbocycles. The SMILES string of the molecule is CCC(C)(C)N(C)c1cc(N)nc(COC)n1. The number of nitrogens with two attached hydrogens (primary N) is 1. The molecule has 0 spiro atoms. The van der Waals surface area contributed by atoms with Gasteiger partial charge in [-0.25, -0.2) is 9.97 Å². The molecule has 0 atom stereocenters. The Bertz CT molecular complexity index is 379. The van der Waals surface area contributed by atoms with E-state index in [1.165, 1.54) is 0 Å². The lowest BCUT2D eigenvalue weighted by molar-refractivity contribution is 0.178. The maximum atomic E-state index is 5.78. The second-order valence-corrected chi connectivity index (χ2v) is 4.73. The van der Waals surface area contributed by atoms with Crippen molar-refractivity contribution in [3.8, 4) is 0 Å². The Morgan fingerprint density at radius 2 is 2.06 bits per heavy atom. The number of nitrogen functional groups attached to an aromatic ring is 1. The second-order valence-electron chi connectivity index (χ2n) is 4.73. The van der Waals surface area contributed by atoms with Crippen molar-refractivity contribution in [2.24, 2.45) is 0 Å². The van der Waals surface area contributed by atoms with Crippen molar-refractivity contribution in [2.75, 3.05) is 24.8 Å². The largest absolute Gasteiger partial charge is 0.384 e. The summed E-state index contributed by atoms with van der Waals surface area (Å²) in [6.45, 7) is 6.86. The highest BCUT2D eigenvalue weighted by atomic mass is 16.5. The van der Waals surface area contributed by atoms with Crippen molar-refractivity contribution in [3.63, 3.8) is 0 Å². The smallest absolute Gasteiger partial charge is 0.158 e. The lowest BCUT2D eigenvalue weighted by Gasteiger charge is -2.36. The number of methoxy groups -OCH3 is 1. The third-order valence-electron chi connectivity index (χ3n) is 3.17. The zero-order chi connectivity index (χ0) is 13.1. The molecular weight excluding hydrogens is 216 g/mol. The standard InChI is InChI=1S/C12H22N4O/c1-6-12(2,3)16(4)11-7-9(13)14-10(15-11)8-17-5/h7H,6,8H2,1-5H3,(H2,13,14,15). The van der Waals surface area contributed by atoms with Crippen LogP contribution in [0.25, 0.3) is 0 Å². The van der Waals surface area contributed by atoms with Crippen molar-refractivity contribution >= 4 is 11.6 Å². The van der Waals surface area contributed by atoms with Gasteiger partial charge >= 0.3 is 0 Å². The Labute approximate surface area is 103 Å². The van der Waals surface area contributed by atoms with Crippen molar-refractivity contribution in [3.05, 3.63) is 11.9 Å². The normalized spacial score (nSPS) is 11.6. The fraction of sp³-hybridized carbons (Fsp3) is 0.667. The van der Waals surface area contributed by atoms with E-state index in [1.54, 1.807) is 13.2 Å². The van der Waals surface area contributed by atoms with Gasteiger partial charge in [0.2, 0.25) is 0 Å². The van der Waals surface area contributed by atoms with Gasteiger partial charge < -0.3 is 15.4 Å². The third-order valence-corrected chi connectivity index (χ3v) is 3.17. The highest BCUT2D eigenvalue weighted by molar-refractivity contribution is 5.48. The lowest BCUT2D eigenvalue weighted by atomic mass is 10.00. The van der Waals surface area contributed by atoms with Crippen LogP contribution in [0.1, 0.15) is 33.0 Å². The first-order chi connectivity index (χ1) is 7.90. The van der Waals surface area contributed by atoms with Gasteiger partial charge in [0, 0.05) is 25.8 Å². The molecule has 5 heteroatoms. The van der Waals surface area contributed by atoms with E-state index in [9.17, 15) is 0 Å². The molecule has 96 valence electrons. The van der Waals surface area contributed by atoms with Gasteiger partial charge in [-0.05, 0) is 20.3 Å². The van der Waals surface area contributed by atoms with Gasteiger partial charge in [0.1, 0.15) is 18.2 Å². The first-order valence-electron chi connectivity index (χ1n) is 5.77. The van der Waals surface area contributed by atoms with Gasteiger partial charge in [0.15, 0.2) is 5.82 Å². The van der Waals surface area contributed by atoms with E-state index in [0.717, 1.165) is 12.2 Å². The molecule has 0 aromatic carbocycles. The fourth-order valence-corrected chi connectivity index (χ4v) is 1.42. The van der Waals surface area contributed by atoms with Gasteiger partial charge in [0.05, 0.1) is 0 Å². The van der Waals surface area contributed by atoms with Crippen molar-refractivity contribution in [1.29, 1.82) is 0 Å². The molecule has 0 aliphatic rings. The van der Waals surface area contributed by atoms with Crippen LogP contribution in [0.5, 0.6) is 0 Å². The van der Waals surface area contributed by atoms with E-state index in [2.05, 4.69) is 35.6 Å². The summed E-state index contributed by atoms with van der Waals surface area (Å²) in [6.07, 6.45) is 1.02. The van der Waals surface area contributed by atoms with E-state index < -0.39 is 0 Å². The molecule has 1 aromatic rings. The highest BCUT2D eigenvalue weighted by Crippen LogP contribution is 2.24. The molecule has 1 aromatic heterocycles. The van der Waals surface area contributed by atoms with E-state index in [1.807, 2.05) is 7.05 Å². The molecule has 0 saturated heterocycles. The Morgan fingerprint density at radius 3 is 2.59 bits per heavy atom. The van der Waals surface area contributed by atoms with Crippen LogP contribution in [-0.2, 0) is 11.3 Å². The molecule has 2 N–H and O–H groups in total. The maximum Gasteiger partial charge on any atom is 0.158 e. The minimum absolute atomic E-state index is 0.0329. The molecule has 0 radical (unpaired) electrons. The first kappa shape index (κ1) is 13.7. The Morgan fingerprint density at radius 1 is 1.41 bits per heavy atom. The van der Waals surface area contributed by atoms with Gasteiger partial charge in [0.25, 0.3) is 0 Å². The molecule has 1 rings (SSSR count). The number of ether oxygens (including phenoxy) is 1. The molecule has 0 aliphatic heterocycles. The van der Waals surface area contributed by atoms with Crippen LogP contribution >= 0.6 is 0 Å². The van der Waals surface area contributed by atoms with E-state index in [4.69, 9.17) is 10.5 Å². The third kappa shape index (κ3) is 3.30. The summed E-state index contributed by atoms with van der Waals surface area (Å²) < 4.78 is 5.03. The summed E-state index contributed by atoms with van der Waals surface area (Å²) in [6, 6.07) is 1.79. The van der Waals surface area contributed by atoms with Gasteiger partial charge in [-0.15, -0.1) is 0 Å². The van der Waals surface area contributed by atoms with E-state index in [0.29, 0.717) is 18.2 Å². The molecular formula is C12H22N4O. The average Bonchev–Trinajstić information content (AvgIpc) is 2.27. The summed E-state index contributed by atoms with van der Waals surface area (Å²) >= 11 is 0. The molecule has 0 amide bonds. The highest BCUT2D eigenvalue weighted by Gasteiger charge is 2.23. The van der Waals surface area contributed by atoms with Crippen LogP contribution in [0.15, 0.2) is 6.07 Å². The maximum absolute atomic E-state index is 5.78. The predicted octanol–water partition coefficient (Wildman–Crippen LogP) is 1.83. The number of nitrogens with zero attached hydrogens (tertiary/aromatic N) is 3. The monoisotopic (exact) mass is 238 g/mol. The van der Waals surface area contributed by atoms with Crippen LogP contribution in [-0.4, -0.2) is 29.7 Å². The second kappa shape index (κ2) is 5.31. The summed E-state index contributed by atoms with van der Waals surface area (Å²) in [4.78, 5) is 10.7. The summed E-state index contributed by atoms with van der Waals surface area (Å²) in [5.74, 6) is 1.92. The topological polar surface area (TPSA) is 64.3 Å². The number of hydrogen-bond acceptors (Lipinski definition) is 5. The quantitative estimate of drug-likeness (QED) is 0.847. The number of anilines is 2. The summed E-state index contributed by atoms with van der Waals surface area (Å²) in [7, 11) is 3.63. The lowest BCUT2D eigenvalue weighted by Crippen LogP contribution is -2.41. The predicted molar refractivity (Wildman–Crippen MR) is 69.9 cm³/mol. The molecule has 0 unspecified atom stereocenters. The fourth-order valence-electron chi connectivity index (χ4n) is 1.42. The Kier molecular flexibility index (Phi) is 4.28.